The third-order valence-electron chi connectivity index (χ3n) is 4.43. The van der Waals surface area contributed by atoms with Crippen LogP contribution in [0.25, 0.3) is 10.9 Å². The van der Waals surface area contributed by atoms with E-state index in [9.17, 15) is 4.79 Å². The Kier molecular flexibility index (Phi) is 4.06. The molecule has 5 heteroatoms. The van der Waals surface area contributed by atoms with Crippen LogP contribution in [0.2, 0.25) is 0 Å². The highest BCUT2D eigenvalue weighted by atomic mass is 16.6. The first-order valence-corrected chi connectivity index (χ1v) is 8.43. The molecule has 25 heavy (non-hydrogen) atoms. The van der Waals surface area contributed by atoms with Gasteiger partial charge in [-0.15, -0.1) is 0 Å². The SMILES string of the molecule is Cn1cc(CCC(=O)Nc2ccc3c(c2)OCCO3)c2ccccc21. The number of benzene rings is 2. The fraction of sp³-hybridized carbons (Fsp3) is 0.250. The number of ether oxygens (including phenoxy) is 2. The molecule has 0 unspecified atom stereocenters. The third kappa shape index (κ3) is 3.18. The molecule has 0 saturated carbocycles. The summed E-state index contributed by atoms with van der Waals surface area (Å²) in [6, 6.07) is 13.7. The van der Waals surface area contributed by atoms with Crippen molar-refractivity contribution < 1.29 is 14.3 Å². The molecule has 0 radical (unpaired) electrons. The van der Waals surface area contributed by atoms with Crippen LogP contribution in [-0.4, -0.2) is 23.7 Å². The van der Waals surface area contributed by atoms with Crippen LogP contribution < -0.4 is 14.8 Å². The summed E-state index contributed by atoms with van der Waals surface area (Å²) < 4.78 is 13.1. The number of para-hydroxylation sites is 1. The lowest BCUT2D eigenvalue weighted by Crippen LogP contribution is -2.16. The van der Waals surface area contributed by atoms with E-state index < -0.39 is 0 Å². The molecule has 1 aromatic heterocycles. The van der Waals surface area contributed by atoms with E-state index in [2.05, 4.69) is 28.2 Å². The van der Waals surface area contributed by atoms with E-state index >= 15 is 0 Å². The Bertz CT molecular complexity index is 930. The Morgan fingerprint density at radius 2 is 1.92 bits per heavy atom. The molecule has 1 aliphatic heterocycles. The van der Waals surface area contributed by atoms with E-state index in [0.717, 1.165) is 11.4 Å². The minimum Gasteiger partial charge on any atom is -0.486 e. The van der Waals surface area contributed by atoms with Crippen molar-refractivity contribution >= 4 is 22.5 Å². The van der Waals surface area contributed by atoms with Gasteiger partial charge in [0, 0.05) is 42.3 Å². The highest BCUT2D eigenvalue weighted by Crippen LogP contribution is 2.32. The molecule has 1 N–H and O–H groups in total. The first kappa shape index (κ1) is 15.6. The third-order valence-corrected chi connectivity index (χ3v) is 4.43. The second-order valence-electron chi connectivity index (χ2n) is 6.19. The van der Waals surface area contributed by atoms with E-state index in [-0.39, 0.29) is 5.91 Å². The topological polar surface area (TPSA) is 52.5 Å². The normalized spacial score (nSPS) is 13.0. The molecule has 4 rings (SSSR count). The zero-order valence-corrected chi connectivity index (χ0v) is 14.1. The van der Waals surface area contributed by atoms with Crippen LogP contribution in [0, 0.1) is 0 Å². The van der Waals surface area contributed by atoms with Gasteiger partial charge in [-0.1, -0.05) is 18.2 Å². The van der Waals surface area contributed by atoms with Gasteiger partial charge in [-0.2, -0.15) is 0 Å². The van der Waals surface area contributed by atoms with Crippen LogP contribution in [0.5, 0.6) is 11.5 Å². The lowest BCUT2D eigenvalue weighted by Gasteiger charge is -2.19. The van der Waals surface area contributed by atoms with Gasteiger partial charge in [-0.05, 0) is 30.2 Å². The van der Waals surface area contributed by atoms with Crippen molar-refractivity contribution in [3.8, 4) is 11.5 Å². The standard InChI is InChI=1S/C20H20N2O3/c1-22-13-14(16-4-2-3-5-17(16)22)6-9-20(23)21-15-7-8-18-19(12-15)25-11-10-24-18/h2-5,7-8,12-13H,6,9-11H2,1H3,(H,21,23). The number of carbonyl (C=O) groups excluding carboxylic acids is 1. The Balaban J connectivity index is 1.42. The largest absolute Gasteiger partial charge is 0.486 e. The lowest BCUT2D eigenvalue weighted by atomic mass is 10.1. The monoisotopic (exact) mass is 336 g/mol. The number of rotatable bonds is 4. The number of nitrogens with one attached hydrogen (secondary N) is 1. The van der Waals surface area contributed by atoms with Crippen LogP contribution in [0.15, 0.2) is 48.7 Å². The van der Waals surface area contributed by atoms with Crippen molar-refractivity contribution in [2.75, 3.05) is 18.5 Å². The Morgan fingerprint density at radius 1 is 1.12 bits per heavy atom. The molecule has 0 bridgehead atoms. The summed E-state index contributed by atoms with van der Waals surface area (Å²) in [6.45, 7) is 1.09. The quantitative estimate of drug-likeness (QED) is 0.793. The van der Waals surface area contributed by atoms with Crippen molar-refractivity contribution in [1.82, 2.24) is 4.57 Å². The molecule has 0 aliphatic carbocycles. The van der Waals surface area contributed by atoms with Crippen molar-refractivity contribution in [2.24, 2.45) is 7.05 Å². The van der Waals surface area contributed by atoms with Crippen LogP contribution in [-0.2, 0) is 18.3 Å². The predicted octanol–water partition coefficient (Wildman–Crippen LogP) is 3.52. The van der Waals surface area contributed by atoms with Crippen molar-refractivity contribution in [3.05, 3.63) is 54.2 Å². The highest BCUT2D eigenvalue weighted by molar-refractivity contribution is 5.92. The maximum Gasteiger partial charge on any atom is 0.224 e. The number of amides is 1. The molecule has 128 valence electrons. The summed E-state index contributed by atoms with van der Waals surface area (Å²) in [5.74, 6) is 1.39. The van der Waals surface area contributed by atoms with Crippen molar-refractivity contribution in [3.63, 3.8) is 0 Å². The molecule has 0 spiro atoms. The highest BCUT2D eigenvalue weighted by Gasteiger charge is 2.13. The molecule has 2 heterocycles. The van der Waals surface area contributed by atoms with Crippen molar-refractivity contribution in [1.29, 1.82) is 0 Å². The lowest BCUT2D eigenvalue weighted by molar-refractivity contribution is -0.116. The van der Waals surface area contributed by atoms with Crippen LogP contribution in [0.3, 0.4) is 0 Å². The van der Waals surface area contributed by atoms with Gasteiger partial charge in [0.25, 0.3) is 0 Å². The fourth-order valence-electron chi connectivity index (χ4n) is 3.22. The minimum absolute atomic E-state index is 0.00962. The van der Waals surface area contributed by atoms with Gasteiger partial charge in [-0.25, -0.2) is 0 Å². The van der Waals surface area contributed by atoms with Crippen LogP contribution >= 0.6 is 0 Å². The average molecular weight is 336 g/mol. The number of anilines is 1. The first-order chi connectivity index (χ1) is 12.2. The summed E-state index contributed by atoms with van der Waals surface area (Å²) in [5.41, 5.74) is 3.10. The summed E-state index contributed by atoms with van der Waals surface area (Å²) >= 11 is 0. The molecular formula is C20H20N2O3. The zero-order chi connectivity index (χ0) is 17.2. The van der Waals surface area contributed by atoms with Crippen LogP contribution in [0.1, 0.15) is 12.0 Å². The number of hydrogen-bond acceptors (Lipinski definition) is 3. The number of nitrogens with zero attached hydrogens (tertiary/aromatic N) is 1. The van der Waals surface area contributed by atoms with Gasteiger partial charge in [-0.3, -0.25) is 4.79 Å². The van der Waals surface area contributed by atoms with E-state index in [1.165, 1.54) is 16.5 Å². The van der Waals surface area contributed by atoms with Gasteiger partial charge in [0.05, 0.1) is 0 Å². The van der Waals surface area contributed by atoms with Gasteiger partial charge >= 0.3 is 0 Å². The smallest absolute Gasteiger partial charge is 0.224 e. The number of fused-ring (bicyclic) bond motifs is 2. The maximum absolute atomic E-state index is 12.3. The van der Waals surface area contributed by atoms with E-state index in [1.807, 2.05) is 37.4 Å². The summed E-state index contributed by atoms with van der Waals surface area (Å²) in [5, 5.41) is 4.14. The molecule has 2 aromatic carbocycles. The second-order valence-corrected chi connectivity index (χ2v) is 6.19. The molecule has 1 aliphatic rings. The first-order valence-electron chi connectivity index (χ1n) is 8.43. The summed E-state index contributed by atoms with van der Waals surface area (Å²) in [4.78, 5) is 12.3. The van der Waals surface area contributed by atoms with E-state index in [0.29, 0.717) is 31.8 Å². The second kappa shape index (κ2) is 6.51. The Labute approximate surface area is 146 Å². The maximum atomic E-state index is 12.3. The Hall–Kier alpha value is -2.95. The van der Waals surface area contributed by atoms with Gasteiger partial charge < -0.3 is 19.4 Å². The molecule has 0 fully saturated rings. The number of carbonyl (C=O) groups is 1. The van der Waals surface area contributed by atoms with Gasteiger partial charge in [0.1, 0.15) is 13.2 Å². The minimum atomic E-state index is -0.00962. The molecular weight excluding hydrogens is 316 g/mol. The number of aromatic nitrogens is 1. The molecule has 0 atom stereocenters. The Morgan fingerprint density at radius 3 is 2.80 bits per heavy atom. The van der Waals surface area contributed by atoms with Crippen LogP contribution in [0.4, 0.5) is 5.69 Å². The van der Waals surface area contributed by atoms with E-state index in [4.69, 9.17) is 9.47 Å². The van der Waals surface area contributed by atoms with Gasteiger partial charge in [0.15, 0.2) is 11.5 Å². The van der Waals surface area contributed by atoms with E-state index in [1.54, 1.807) is 0 Å². The summed E-state index contributed by atoms with van der Waals surface area (Å²) in [6.07, 6.45) is 3.24. The number of aryl methyl sites for hydroxylation is 2. The molecule has 3 aromatic rings. The molecule has 1 amide bonds. The number of hydrogen-bond donors (Lipinski definition) is 1. The summed E-state index contributed by atoms with van der Waals surface area (Å²) in [7, 11) is 2.03. The molecule has 0 saturated heterocycles. The fourth-order valence-corrected chi connectivity index (χ4v) is 3.22. The zero-order valence-electron chi connectivity index (χ0n) is 14.1. The average Bonchev–Trinajstić information content (AvgIpc) is 2.96. The molecule has 5 nitrogen and oxygen atoms in total. The van der Waals surface area contributed by atoms with Gasteiger partial charge in [0.2, 0.25) is 5.91 Å². The van der Waals surface area contributed by atoms with Crippen molar-refractivity contribution in [2.45, 2.75) is 12.8 Å². The predicted molar refractivity (Wildman–Crippen MR) is 97.3 cm³/mol.